The number of nitrogens with two attached hydrogens (primary N) is 1. The van der Waals surface area contributed by atoms with Crippen LogP contribution >= 0.6 is 11.6 Å². The molecular formula is C20H18ClF2N5O. The van der Waals surface area contributed by atoms with E-state index in [2.05, 4.69) is 10.1 Å². The lowest BCUT2D eigenvalue weighted by Gasteiger charge is -2.27. The Morgan fingerprint density at radius 1 is 1.31 bits per heavy atom. The summed E-state index contributed by atoms with van der Waals surface area (Å²) in [5.74, 6) is -1.33. The van der Waals surface area contributed by atoms with E-state index < -0.39 is 17.5 Å². The van der Waals surface area contributed by atoms with E-state index in [9.17, 15) is 13.6 Å². The van der Waals surface area contributed by atoms with Gasteiger partial charge in [-0.3, -0.25) is 9.78 Å². The second-order valence-corrected chi connectivity index (χ2v) is 7.18. The van der Waals surface area contributed by atoms with Crippen molar-refractivity contribution in [1.82, 2.24) is 14.8 Å². The van der Waals surface area contributed by atoms with Gasteiger partial charge in [0.25, 0.3) is 5.91 Å². The minimum absolute atomic E-state index is 0.00963. The van der Waals surface area contributed by atoms with Crippen LogP contribution in [-0.2, 0) is 19.4 Å². The smallest absolute Gasteiger partial charge is 0.279 e. The number of anilines is 2. The van der Waals surface area contributed by atoms with Crippen molar-refractivity contribution in [1.29, 1.82) is 0 Å². The van der Waals surface area contributed by atoms with Crippen LogP contribution in [0.15, 0.2) is 30.5 Å². The Morgan fingerprint density at radius 3 is 2.83 bits per heavy atom. The average molecular weight is 418 g/mol. The molecule has 4 rings (SSSR count). The topological polar surface area (TPSA) is 77.0 Å². The Bertz CT molecular complexity index is 1110. The second-order valence-electron chi connectivity index (χ2n) is 6.77. The Hall–Kier alpha value is -3.00. The zero-order chi connectivity index (χ0) is 20.7. The zero-order valence-corrected chi connectivity index (χ0v) is 16.4. The van der Waals surface area contributed by atoms with Crippen molar-refractivity contribution >= 4 is 29.0 Å². The van der Waals surface area contributed by atoms with Gasteiger partial charge in [0, 0.05) is 18.3 Å². The lowest BCUT2D eigenvalue weighted by atomic mass is 10.0. The fraction of sp³-hybridized carbons (Fsp3) is 0.250. The van der Waals surface area contributed by atoms with Gasteiger partial charge in [-0.2, -0.15) is 5.10 Å². The lowest BCUT2D eigenvalue weighted by Crippen LogP contribution is -2.38. The number of hydrogen-bond donors (Lipinski definition) is 1. The van der Waals surface area contributed by atoms with Crippen molar-refractivity contribution in [3.05, 3.63) is 69.6 Å². The fourth-order valence-corrected chi connectivity index (χ4v) is 3.68. The minimum Gasteiger partial charge on any atom is -0.384 e. The summed E-state index contributed by atoms with van der Waals surface area (Å²) in [4.78, 5) is 18.4. The van der Waals surface area contributed by atoms with E-state index in [1.807, 2.05) is 6.92 Å². The third-order valence-corrected chi connectivity index (χ3v) is 5.30. The van der Waals surface area contributed by atoms with E-state index in [-0.39, 0.29) is 41.0 Å². The highest BCUT2D eigenvalue weighted by Crippen LogP contribution is 2.33. The summed E-state index contributed by atoms with van der Waals surface area (Å²) >= 11 is 6.00. The van der Waals surface area contributed by atoms with Gasteiger partial charge in [0.05, 0.1) is 22.9 Å². The molecule has 0 saturated carbocycles. The van der Waals surface area contributed by atoms with Gasteiger partial charge in [0.2, 0.25) is 0 Å². The first-order valence-corrected chi connectivity index (χ1v) is 9.52. The molecule has 3 aromatic rings. The van der Waals surface area contributed by atoms with Crippen LogP contribution in [0.25, 0.3) is 0 Å². The van der Waals surface area contributed by atoms with Gasteiger partial charge in [0.1, 0.15) is 11.6 Å². The molecule has 0 spiro atoms. The number of benzene rings is 1. The van der Waals surface area contributed by atoms with E-state index in [0.717, 1.165) is 5.56 Å². The largest absolute Gasteiger partial charge is 0.384 e. The van der Waals surface area contributed by atoms with Crippen LogP contribution in [0.3, 0.4) is 0 Å². The maximum atomic E-state index is 14.6. The van der Waals surface area contributed by atoms with Crippen molar-refractivity contribution < 1.29 is 13.6 Å². The van der Waals surface area contributed by atoms with Gasteiger partial charge < -0.3 is 10.6 Å². The van der Waals surface area contributed by atoms with Crippen molar-refractivity contribution in [3.8, 4) is 0 Å². The zero-order valence-electron chi connectivity index (χ0n) is 15.6. The number of nitrogen functional groups attached to an aromatic ring is 1. The number of halogens is 3. The summed E-state index contributed by atoms with van der Waals surface area (Å²) in [5, 5.41) is 4.24. The summed E-state index contributed by atoms with van der Waals surface area (Å²) in [7, 11) is 0. The van der Waals surface area contributed by atoms with Crippen LogP contribution in [-0.4, -0.2) is 27.2 Å². The Balaban J connectivity index is 1.70. The van der Waals surface area contributed by atoms with Crippen LogP contribution in [0, 0.1) is 11.6 Å². The van der Waals surface area contributed by atoms with Gasteiger partial charge in [-0.05, 0) is 42.7 Å². The molecule has 6 nitrogen and oxygen atoms in total. The predicted molar refractivity (Wildman–Crippen MR) is 106 cm³/mol. The predicted octanol–water partition coefficient (Wildman–Crippen LogP) is 3.61. The third-order valence-electron chi connectivity index (χ3n) is 5.03. The molecule has 0 unspecified atom stereocenters. The number of amides is 1. The molecule has 1 aliphatic heterocycles. The molecule has 0 fully saturated rings. The summed E-state index contributed by atoms with van der Waals surface area (Å²) in [6.07, 6.45) is 2.51. The number of aromatic nitrogens is 3. The van der Waals surface area contributed by atoms with E-state index in [0.29, 0.717) is 18.4 Å². The third kappa shape index (κ3) is 3.33. The van der Waals surface area contributed by atoms with Gasteiger partial charge >= 0.3 is 0 Å². The summed E-state index contributed by atoms with van der Waals surface area (Å²) in [6, 6.07) is 5.95. The number of rotatable bonds is 4. The van der Waals surface area contributed by atoms with Crippen molar-refractivity contribution in [3.63, 3.8) is 0 Å². The standard InChI is InChI=1S/C20H18ClF2N5O/c1-2-11-8-13(21)17(23)16(9-11)27-7-5-12-18(20(27)29)26-28(19(12)24)10-15-14(22)4-3-6-25-15/h3-4,6,8-9H,2,5,7,10,24H2,1H3. The summed E-state index contributed by atoms with van der Waals surface area (Å²) in [6.45, 7) is 2.15. The SMILES string of the molecule is CCc1cc(Cl)c(F)c(N2CCc3c(nn(Cc4ncccc4F)c3N)C2=O)c1. The molecule has 1 aromatic carbocycles. The molecule has 0 aliphatic carbocycles. The number of hydrogen-bond acceptors (Lipinski definition) is 4. The number of carbonyl (C=O) groups is 1. The van der Waals surface area contributed by atoms with Gasteiger partial charge in [-0.1, -0.05) is 18.5 Å². The van der Waals surface area contributed by atoms with Crippen molar-refractivity contribution in [2.45, 2.75) is 26.3 Å². The number of fused-ring (bicyclic) bond motifs is 1. The highest BCUT2D eigenvalue weighted by Gasteiger charge is 2.33. The second kappa shape index (κ2) is 7.44. The molecule has 1 amide bonds. The monoisotopic (exact) mass is 417 g/mol. The number of pyridine rings is 1. The van der Waals surface area contributed by atoms with Crippen LogP contribution in [0.5, 0.6) is 0 Å². The van der Waals surface area contributed by atoms with Gasteiger partial charge in [-0.15, -0.1) is 0 Å². The van der Waals surface area contributed by atoms with Crippen molar-refractivity contribution in [2.24, 2.45) is 0 Å². The highest BCUT2D eigenvalue weighted by molar-refractivity contribution is 6.31. The Labute approximate surface area is 170 Å². The van der Waals surface area contributed by atoms with E-state index in [1.165, 1.54) is 27.9 Å². The minimum atomic E-state index is -0.649. The first-order valence-electron chi connectivity index (χ1n) is 9.15. The molecule has 3 heterocycles. The molecule has 1 aliphatic rings. The molecule has 29 heavy (non-hydrogen) atoms. The number of aryl methyl sites for hydroxylation is 1. The lowest BCUT2D eigenvalue weighted by molar-refractivity contribution is 0.0974. The van der Waals surface area contributed by atoms with Crippen LogP contribution in [0.2, 0.25) is 5.02 Å². The number of carbonyl (C=O) groups excluding carboxylic acids is 1. The fourth-order valence-electron chi connectivity index (χ4n) is 3.44. The molecular weight excluding hydrogens is 400 g/mol. The van der Waals surface area contributed by atoms with Crippen LogP contribution in [0.1, 0.15) is 34.2 Å². The summed E-state index contributed by atoms with van der Waals surface area (Å²) < 4.78 is 29.9. The van der Waals surface area contributed by atoms with Crippen molar-refractivity contribution in [2.75, 3.05) is 17.2 Å². The highest BCUT2D eigenvalue weighted by atomic mass is 35.5. The first-order chi connectivity index (χ1) is 13.9. The maximum Gasteiger partial charge on any atom is 0.279 e. The first kappa shape index (κ1) is 19.3. The van der Waals surface area contributed by atoms with E-state index in [1.54, 1.807) is 12.1 Å². The van der Waals surface area contributed by atoms with E-state index >= 15 is 0 Å². The normalized spacial score (nSPS) is 13.7. The van der Waals surface area contributed by atoms with E-state index in [4.69, 9.17) is 17.3 Å². The molecule has 0 bridgehead atoms. The average Bonchev–Trinajstić information content (AvgIpc) is 3.03. The molecule has 9 heteroatoms. The molecule has 0 saturated heterocycles. The number of nitrogens with zero attached hydrogens (tertiary/aromatic N) is 4. The molecule has 150 valence electrons. The molecule has 0 atom stereocenters. The van der Waals surface area contributed by atoms with Gasteiger partial charge in [-0.25, -0.2) is 13.5 Å². The Morgan fingerprint density at radius 2 is 2.10 bits per heavy atom. The molecule has 0 radical (unpaired) electrons. The van der Waals surface area contributed by atoms with Crippen LogP contribution in [0.4, 0.5) is 20.3 Å². The quantitative estimate of drug-likeness (QED) is 0.703. The molecule has 2 aromatic heterocycles. The van der Waals surface area contributed by atoms with Gasteiger partial charge in [0.15, 0.2) is 11.5 Å². The Kier molecular flexibility index (Phi) is 4.96. The maximum absolute atomic E-state index is 14.6. The van der Waals surface area contributed by atoms with Crippen LogP contribution < -0.4 is 10.6 Å². The summed E-state index contributed by atoms with van der Waals surface area (Å²) in [5.41, 5.74) is 7.95. The molecule has 2 N–H and O–H groups in total.